The van der Waals surface area contributed by atoms with Crippen LogP contribution in [0.2, 0.25) is 0 Å². The number of unbranched alkanes of at least 4 members (excludes halogenated alkanes) is 49. The number of hydrogen-bond acceptors (Lipinski definition) is 6. The predicted molar refractivity (Wildman–Crippen MR) is 317 cm³/mol. The summed E-state index contributed by atoms with van der Waals surface area (Å²) in [6.07, 6.45) is 73.9. The molecule has 1 unspecified atom stereocenters. The molecule has 0 aromatic carbocycles. The van der Waals surface area contributed by atoms with Crippen LogP contribution in [0.1, 0.15) is 380 Å². The Morgan fingerprint density at radius 1 is 0.260 bits per heavy atom. The van der Waals surface area contributed by atoms with Gasteiger partial charge >= 0.3 is 17.9 Å². The lowest BCUT2D eigenvalue weighted by Gasteiger charge is -2.18. The molecule has 0 saturated heterocycles. The lowest BCUT2D eigenvalue weighted by molar-refractivity contribution is -0.167. The highest BCUT2D eigenvalue weighted by molar-refractivity contribution is 5.71. The smallest absolute Gasteiger partial charge is 0.306 e. The average molecular weight is 1030 g/mol. The minimum atomic E-state index is -0.769. The highest BCUT2D eigenvalue weighted by atomic mass is 16.6. The summed E-state index contributed by atoms with van der Waals surface area (Å²) in [5.41, 5.74) is 0. The molecule has 0 radical (unpaired) electrons. The second-order valence-corrected chi connectivity index (χ2v) is 22.7. The molecule has 0 heterocycles. The maximum absolute atomic E-state index is 12.8. The molecule has 0 spiro atoms. The Kier molecular flexibility index (Phi) is 61.1. The van der Waals surface area contributed by atoms with E-state index in [0.717, 1.165) is 64.2 Å². The van der Waals surface area contributed by atoms with Crippen LogP contribution in [0.25, 0.3) is 0 Å². The van der Waals surface area contributed by atoms with Gasteiger partial charge in [0.25, 0.3) is 0 Å². The molecule has 6 heteroatoms. The topological polar surface area (TPSA) is 78.9 Å². The van der Waals surface area contributed by atoms with Crippen LogP contribution in [-0.4, -0.2) is 37.2 Å². The summed E-state index contributed by atoms with van der Waals surface area (Å²) >= 11 is 0. The molecular weight excluding hydrogens is 901 g/mol. The molecule has 0 fully saturated rings. The molecule has 0 aromatic rings. The van der Waals surface area contributed by atoms with Gasteiger partial charge in [-0.1, -0.05) is 328 Å². The zero-order chi connectivity index (χ0) is 52.9. The Labute approximate surface area is 456 Å². The summed E-state index contributed by atoms with van der Waals surface area (Å²) in [6, 6.07) is 0. The van der Waals surface area contributed by atoms with E-state index >= 15 is 0 Å². The third-order valence-corrected chi connectivity index (χ3v) is 15.3. The van der Waals surface area contributed by atoms with Crippen LogP contribution < -0.4 is 0 Å². The normalized spacial score (nSPS) is 12.0. The van der Waals surface area contributed by atoms with Gasteiger partial charge in [-0.15, -0.1) is 0 Å². The molecule has 73 heavy (non-hydrogen) atoms. The molecule has 0 aliphatic heterocycles. The Morgan fingerprint density at radius 3 is 0.685 bits per heavy atom. The summed E-state index contributed by atoms with van der Waals surface area (Å²) in [5, 5.41) is 0. The largest absolute Gasteiger partial charge is 0.462 e. The van der Waals surface area contributed by atoms with Gasteiger partial charge in [0.1, 0.15) is 13.2 Å². The average Bonchev–Trinajstić information content (AvgIpc) is 3.39. The van der Waals surface area contributed by atoms with Crippen LogP contribution in [0, 0.1) is 0 Å². The fourth-order valence-electron chi connectivity index (χ4n) is 10.3. The minimum absolute atomic E-state index is 0.0673. The van der Waals surface area contributed by atoms with Crippen LogP contribution in [0.4, 0.5) is 0 Å². The van der Waals surface area contributed by atoms with Crippen LogP contribution in [-0.2, 0) is 28.6 Å². The van der Waals surface area contributed by atoms with Crippen molar-refractivity contribution in [2.45, 2.75) is 386 Å². The molecule has 0 saturated carbocycles. The molecule has 0 aromatic heterocycles. The molecule has 0 rings (SSSR count). The Morgan fingerprint density at radius 2 is 0.452 bits per heavy atom. The standard InChI is InChI=1S/C67H128O6/c1-4-7-10-13-16-19-22-24-26-27-28-29-30-31-32-33-34-35-36-37-38-39-40-41-43-45-48-51-54-57-60-66(69)72-63-64(62-71-65(68)59-56-53-50-47-44-21-18-15-12-9-6-3)73-67(70)61-58-55-52-49-46-42-25-23-20-17-14-11-8-5-2/h23,25,64H,4-22,24,26-63H2,1-3H3/b25-23-. The molecule has 0 aliphatic rings. The Bertz CT molecular complexity index is 1130. The van der Waals surface area contributed by atoms with E-state index in [0.29, 0.717) is 19.3 Å². The molecule has 0 amide bonds. The van der Waals surface area contributed by atoms with Crippen molar-refractivity contribution in [3.8, 4) is 0 Å². The van der Waals surface area contributed by atoms with Crippen molar-refractivity contribution in [2.24, 2.45) is 0 Å². The van der Waals surface area contributed by atoms with Crippen LogP contribution in [0.15, 0.2) is 12.2 Å². The summed E-state index contributed by atoms with van der Waals surface area (Å²) in [4.78, 5) is 38.2. The van der Waals surface area contributed by atoms with E-state index in [4.69, 9.17) is 14.2 Å². The number of carbonyl (C=O) groups is 3. The number of allylic oxidation sites excluding steroid dienone is 2. The minimum Gasteiger partial charge on any atom is -0.462 e. The van der Waals surface area contributed by atoms with Gasteiger partial charge in [-0.25, -0.2) is 0 Å². The molecule has 0 bridgehead atoms. The van der Waals surface area contributed by atoms with Gasteiger partial charge in [0.05, 0.1) is 0 Å². The zero-order valence-electron chi connectivity index (χ0n) is 49.7. The van der Waals surface area contributed by atoms with Crippen LogP contribution in [0.5, 0.6) is 0 Å². The number of rotatable bonds is 62. The SMILES string of the molecule is CCCCCCC/C=C\CCCCCCCC(=O)OC(COC(=O)CCCCCCCCCCCCC)COC(=O)CCCCCCCCCCCCCCCCCCCCCCCCCCCCCCCC. The molecule has 6 nitrogen and oxygen atoms in total. The quantitative estimate of drug-likeness (QED) is 0.0261. The maximum Gasteiger partial charge on any atom is 0.306 e. The van der Waals surface area contributed by atoms with Crippen molar-refractivity contribution in [1.82, 2.24) is 0 Å². The highest BCUT2D eigenvalue weighted by Gasteiger charge is 2.19. The fourth-order valence-corrected chi connectivity index (χ4v) is 10.3. The Hall–Kier alpha value is -1.85. The highest BCUT2D eigenvalue weighted by Crippen LogP contribution is 2.19. The summed E-state index contributed by atoms with van der Waals surface area (Å²) in [6.45, 7) is 6.68. The second kappa shape index (κ2) is 62.7. The van der Waals surface area contributed by atoms with Gasteiger partial charge in [0.2, 0.25) is 0 Å². The van der Waals surface area contributed by atoms with Gasteiger partial charge in [-0.2, -0.15) is 0 Å². The van der Waals surface area contributed by atoms with E-state index < -0.39 is 6.10 Å². The van der Waals surface area contributed by atoms with Crippen molar-refractivity contribution >= 4 is 17.9 Å². The van der Waals surface area contributed by atoms with E-state index in [1.54, 1.807) is 0 Å². The molecule has 1 atom stereocenters. The van der Waals surface area contributed by atoms with Gasteiger partial charge in [0, 0.05) is 19.3 Å². The lowest BCUT2D eigenvalue weighted by atomic mass is 10.0. The predicted octanol–water partition coefficient (Wildman–Crippen LogP) is 22.4. The second-order valence-electron chi connectivity index (χ2n) is 22.7. The van der Waals surface area contributed by atoms with E-state index in [-0.39, 0.29) is 31.1 Å². The van der Waals surface area contributed by atoms with Crippen LogP contribution >= 0.6 is 0 Å². The number of ether oxygens (including phenoxy) is 3. The van der Waals surface area contributed by atoms with E-state index in [1.165, 1.54) is 276 Å². The van der Waals surface area contributed by atoms with Crippen molar-refractivity contribution in [2.75, 3.05) is 13.2 Å². The first-order valence-corrected chi connectivity index (χ1v) is 33.2. The van der Waals surface area contributed by atoms with Gasteiger partial charge in [0.15, 0.2) is 6.10 Å². The van der Waals surface area contributed by atoms with Crippen molar-refractivity contribution in [3.63, 3.8) is 0 Å². The number of carbonyl (C=O) groups excluding carboxylic acids is 3. The monoisotopic (exact) mass is 1030 g/mol. The van der Waals surface area contributed by atoms with E-state index in [9.17, 15) is 14.4 Å². The first-order valence-electron chi connectivity index (χ1n) is 33.2. The molecular formula is C67H128O6. The van der Waals surface area contributed by atoms with E-state index in [1.807, 2.05) is 0 Å². The first kappa shape index (κ1) is 71.2. The fraction of sp³-hybridized carbons (Fsp3) is 0.925. The molecule has 0 aliphatic carbocycles. The van der Waals surface area contributed by atoms with Crippen LogP contribution in [0.3, 0.4) is 0 Å². The summed E-state index contributed by atoms with van der Waals surface area (Å²) in [7, 11) is 0. The zero-order valence-corrected chi connectivity index (χ0v) is 49.7. The van der Waals surface area contributed by atoms with E-state index in [2.05, 4.69) is 32.9 Å². The van der Waals surface area contributed by atoms with Crippen molar-refractivity contribution < 1.29 is 28.6 Å². The maximum atomic E-state index is 12.8. The third kappa shape index (κ3) is 60.9. The Balaban J connectivity index is 4.06. The van der Waals surface area contributed by atoms with Gasteiger partial charge in [-0.05, 0) is 44.9 Å². The van der Waals surface area contributed by atoms with Gasteiger partial charge < -0.3 is 14.2 Å². The number of hydrogen-bond donors (Lipinski definition) is 0. The van der Waals surface area contributed by atoms with Crippen molar-refractivity contribution in [1.29, 1.82) is 0 Å². The number of esters is 3. The first-order chi connectivity index (χ1) is 36.0. The summed E-state index contributed by atoms with van der Waals surface area (Å²) < 4.78 is 16.9. The molecule has 432 valence electrons. The van der Waals surface area contributed by atoms with Crippen molar-refractivity contribution in [3.05, 3.63) is 12.2 Å². The molecule has 0 N–H and O–H groups in total. The third-order valence-electron chi connectivity index (χ3n) is 15.3. The summed E-state index contributed by atoms with van der Waals surface area (Å²) in [5.74, 6) is -0.850. The lowest BCUT2D eigenvalue weighted by Crippen LogP contribution is -2.30. The van der Waals surface area contributed by atoms with Gasteiger partial charge in [-0.3, -0.25) is 14.4 Å².